The number of pyridine rings is 1. The van der Waals surface area contributed by atoms with Gasteiger partial charge in [0.05, 0.1) is 0 Å². The van der Waals surface area contributed by atoms with Gasteiger partial charge in [0.1, 0.15) is 5.56 Å². The highest BCUT2D eigenvalue weighted by molar-refractivity contribution is 5.92. The molecule has 5 heteroatoms. The first-order valence-corrected chi connectivity index (χ1v) is 9.52. The molecule has 0 aromatic carbocycles. The van der Waals surface area contributed by atoms with Crippen molar-refractivity contribution in [1.29, 1.82) is 0 Å². The van der Waals surface area contributed by atoms with Crippen molar-refractivity contribution in [2.24, 2.45) is 28.9 Å². The summed E-state index contributed by atoms with van der Waals surface area (Å²) in [7, 11) is 0. The molecule has 2 amide bonds. The molecule has 1 heterocycles. The maximum absolute atomic E-state index is 12.5. The Hall–Kier alpha value is -1.91. The fraction of sp³-hybridized carbons (Fsp3) is 0.650. The first-order valence-electron chi connectivity index (χ1n) is 9.52. The third-order valence-corrected chi connectivity index (χ3v) is 6.85. The Labute approximate surface area is 149 Å². The van der Waals surface area contributed by atoms with Gasteiger partial charge in [-0.2, -0.15) is 4.57 Å². The van der Waals surface area contributed by atoms with Crippen LogP contribution in [0.15, 0.2) is 24.5 Å². The van der Waals surface area contributed by atoms with Gasteiger partial charge in [0.15, 0.2) is 12.4 Å². The smallest absolute Gasteiger partial charge is 0.286 e. The Morgan fingerprint density at radius 1 is 1.24 bits per heavy atom. The number of amides is 2. The van der Waals surface area contributed by atoms with E-state index in [1.54, 1.807) is 29.1 Å². The molecule has 3 N–H and O–H groups in total. The summed E-state index contributed by atoms with van der Waals surface area (Å²) in [6.45, 7) is 2.41. The zero-order chi connectivity index (χ0) is 17.6. The van der Waals surface area contributed by atoms with E-state index in [4.69, 9.17) is 5.73 Å². The van der Waals surface area contributed by atoms with E-state index in [1.165, 1.54) is 38.5 Å². The number of rotatable bonds is 5. The molecule has 1 atom stereocenters. The lowest BCUT2D eigenvalue weighted by Gasteiger charge is -2.59. The van der Waals surface area contributed by atoms with Crippen molar-refractivity contribution in [3.05, 3.63) is 30.1 Å². The molecule has 1 aromatic heterocycles. The maximum atomic E-state index is 12.5. The number of hydrogen-bond acceptors (Lipinski definition) is 2. The van der Waals surface area contributed by atoms with Crippen molar-refractivity contribution in [1.82, 2.24) is 5.32 Å². The summed E-state index contributed by atoms with van der Waals surface area (Å²) in [5, 5.41) is 3.26. The fourth-order valence-corrected chi connectivity index (χ4v) is 6.08. The number of carbonyl (C=O) groups excluding carboxylic acids is 2. The van der Waals surface area contributed by atoms with Gasteiger partial charge in [0, 0.05) is 12.1 Å². The van der Waals surface area contributed by atoms with Crippen molar-refractivity contribution in [3.8, 4) is 0 Å². The van der Waals surface area contributed by atoms with Crippen LogP contribution >= 0.6 is 0 Å². The second kappa shape index (κ2) is 6.11. The SMILES string of the molecule is C[C@@H](NC(=O)C[n+]1cccc(C(N)=O)c1)C12CC3CC(CC(C3)C1)C2. The zero-order valence-corrected chi connectivity index (χ0v) is 14.9. The second-order valence-electron chi connectivity index (χ2n) is 8.70. The molecule has 5 nitrogen and oxygen atoms in total. The number of primary amides is 1. The van der Waals surface area contributed by atoms with Gasteiger partial charge in [-0.3, -0.25) is 9.59 Å². The molecule has 4 saturated carbocycles. The molecular formula is C20H28N3O2+. The molecule has 0 aliphatic heterocycles. The largest absolute Gasteiger partial charge is 0.365 e. The molecule has 0 saturated heterocycles. The third-order valence-electron chi connectivity index (χ3n) is 6.85. The predicted molar refractivity (Wildman–Crippen MR) is 93.4 cm³/mol. The van der Waals surface area contributed by atoms with Crippen molar-refractivity contribution in [2.45, 2.75) is 58.0 Å². The predicted octanol–water partition coefficient (Wildman–Crippen LogP) is 1.79. The van der Waals surface area contributed by atoms with E-state index in [1.807, 2.05) is 0 Å². The molecular weight excluding hydrogens is 314 g/mol. The lowest BCUT2D eigenvalue weighted by atomic mass is 9.48. The van der Waals surface area contributed by atoms with Gasteiger partial charge in [-0.05, 0) is 74.7 Å². The minimum atomic E-state index is -0.475. The topological polar surface area (TPSA) is 76.1 Å². The number of hydrogen-bond donors (Lipinski definition) is 2. The Kier molecular flexibility index (Phi) is 4.05. The molecule has 0 unspecified atom stereocenters. The van der Waals surface area contributed by atoms with Crippen LogP contribution in [0, 0.1) is 23.2 Å². The van der Waals surface area contributed by atoms with Gasteiger partial charge in [0.25, 0.3) is 11.8 Å². The summed E-state index contributed by atoms with van der Waals surface area (Å²) in [5.41, 5.74) is 6.04. The minimum Gasteiger partial charge on any atom is -0.365 e. The Balaban J connectivity index is 1.41. The number of nitrogens with zero attached hydrogens (tertiary/aromatic N) is 1. The van der Waals surface area contributed by atoms with Crippen molar-refractivity contribution in [3.63, 3.8) is 0 Å². The van der Waals surface area contributed by atoms with Crippen LogP contribution in [0.2, 0.25) is 0 Å². The summed E-state index contributed by atoms with van der Waals surface area (Å²) in [6.07, 6.45) is 11.5. The van der Waals surface area contributed by atoms with Gasteiger partial charge in [-0.25, -0.2) is 0 Å². The molecule has 4 fully saturated rings. The van der Waals surface area contributed by atoms with Gasteiger partial charge in [-0.15, -0.1) is 0 Å². The average Bonchev–Trinajstić information content (AvgIpc) is 2.53. The number of carbonyl (C=O) groups is 2. The Morgan fingerprint density at radius 2 is 1.84 bits per heavy atom. The van der Waals surface area contributed by atoms with Crippen LogP contribution in [0.5, 0.6) is 0 Å². The van der Waals surface area contributed by atoms with Crippen LogP contribution in [0.4, 0.5) is 0 Å². The number of nitrogens with two attached hydrogens (primary N) is 1. The highest BCUT2D eigenvalue weighted by atomic mass is 16.2. The third kappa shape index (κ3) is 3.16. The molecule has 25 heavy (non-hydrogen) atoms. The number of nitrogens with one attached hydrogen (secondary N) is 1. The van der Waals surface area contributed by atoms with Crippen LogP contribution in [0.3, 0.4) is 0 Å². The van der Waals surface area contributed by atoms with Crippen LogP contribution in [0.1, 0.15) is 55.8 Å². The van der Waals surface area contributed by atoms with E-state index >= 15 is 0 Å². The normalized spacial score (nSPS) is 33.9. The van der Waals surface area contributed by atoms with Crippen LogP contribution < -0.4 is 15.6 Å². The van der Waals surface area contributed by atoms with Crippen LogP contribution in [-0.2, 0) is 11.3 Å². The molecule has 0 spiro atoms. The standard InChI is InChI=1S/C20H27N3O2/c1-13(20-8-14-5-15(9-20)7-16(6-14)10-20)22-18(24)12-23-4-2-3-17(11-23)19(21)25/h2-4,11,13-16H,5-10,12H2,1H3,(H2-,21,22,24,25)/p+1/t13-,14?,15?,16?,20?/m1/s1. The summed E-state index contributed by atoms with van der Waals surface area (Å²) in [5.74, 6) is 2.18. The highest BCUT2D eigenvalue weighted by Gasteiger charge is 2.53. The maximum Gasteiger partial charge on any atom is 0.286 e. The lowest BCUT2D eigenvalue weighted by Crippen LogP contribution is -2.57. The summed E-state index contributed by atoms with van der Waals surface area (Å²) in [6, 6.07) is 3.62. The number of aromatic nitrogens is 1. The van der Waals surface area contributed by atoms with E-state index < -0.39 is 5.91 Å². The molecule has 5 rings (SSSR count). The minimum absolute atomic E-state index is 0.00914. The van der Waals surface area contributed by atoms with Crippen molar-refractivity contribution in [2.75, 3.05) is 0 Å². The Morgan fingerprint density at radius 3 is 2.40 bits per heavy atom. The Bertz CT molecular complexity index is 665. The summed E-state index contributed by atoms with van der Waals surface area (Å²) in [4.78, 5) is 23.8. The first-order chi connectivity index (χ1) is 11.9. The molecule has 4 bridgehead atoms. The van der Waals surface area contributed by atoms with E-state index in [0.717, 1.165) is 17.8 Å². The molecule has 4 aliphatic rings. The summed E-state index contributed by atoms with van der Waals surface area (Å²) >= 11 is 0. The van der Waals surface area contributed by atoms with Crippen molar-refractivity contribution >= 4 is 11.8 Å². The highest BCUT2D eigenvalue weighted by Crippen LogP contribution is 2.61. The molecule has 0 radical (unpaired) electrons. The van der Waals surface area contributed by atoms with Crippen molar-refractivity contribution < 1.29 is 14.2 Å². The molecule has 4 aliphatic carbocycles. The second-order valence-corrected chi connectivity index (χ2v) is 8.70. The van der Waals surface area contributed by atoms with Gasteiger partial charge in [0.2, 0.25) is 6.54 Å². The first kappa shape index (κ1) is 16.6. The van der Waals surface area contributed by atoms with Gasteiger partial charge in [-0.1, -0.05) is 0 Å². The molecule has 134 valence electrons. The average molecular weight is 342 g/mol. The van der Waals surface area contributed by atoms with Crippen LogP contribution in [-0.4, -0.2) is 17.9 Å². The van der Waals surface area contributed by atoms with Gasteiger partial charge < -0.3 is 11.1 Å². The van der Waals surface area contributed by atoms with E-state index in [0.29, 0.717) is 11.0 Å². The zero-order valence-electron chi connectivity index (χ0n) is 14.9. The lowest BCUT2D eigenvalue weighted by molar-refractivity contribution is -0.684. The fourth-order valence-electron chi connectivity index (χ4n) is 6.08. The monoisotopic (exact) mass is 342 g/mol. The summed E-state index contributed by atoms with van der Waals surface area (Å²) < 4.78 is 1.72. The van der Waals surface area contributed by atoms with E-state index in [2.05, 4.69) is 12.2 Å². The van der Waals surface area contributed by atoms with E-state index in [-0.39, 0.29) is 18.5 Å². The quantitative estimate of drug-likeness (QED) is 0.801. The van der Waals surface area contributed by atoms with E-state index in [9.17, 15) is 9.59 Å². The molecule has 1 aromatic rings. The van der Waals surface area contributed by atoms with Gasteiger partial charge >= 0.3 is 0 Å². The van der Waals surface area contributed by atoms with Crippen LogP contribution in [0.25, 0.3) is 0 Å².